The van der Waals surface area contributed by atoms with E-state index in [1.54, 1.807) is 27.7 Å². The van der Waals surface area contributed by atoms with Crippen LogP contribution in [0.15, 0.2) is 24.3 Å². The second-order valence-corrected chi connectivity index (χ2v) is 6.61. The maximum absolute atomic E-state index is 11.8. The molecule has 0 radical (unpaired) electrons. The molecule has 2 unspecified atom stereocenters. The quantitative estimate of drug-likeness (QED) is 0.161. The van der Waals surface area contributed by atoms with Gasteiger partial charge >= 0.3 is 11.9 Å². The molecule has 0 aromatic rings. The number of carbonyl (C=O) groups excluding carboxylic acids is 2. The summed E-state index contributed by atoms with van der Waals surface area (Å²) in [4.78, 5) is 45.4. The molecule has 1 rings (SSSR count). The molecule has 0 spiro atoms. The Balaban J connectivity index is 2.65. The number of esters is 2. The van der Waals surface area contributed by atoms with Gasteiger partial charge in [-0.2, -0.15) is 9.78 Å². The summed E-state index contributed by atoms with van der Waals surface area (Å²) >= 11 is 0. The van der Waals surface area contributed by atoms with Gasteiger partial charge in [0, 0.05) is 12.8 Å². The third-order valence-corrected chi connectivity index (χ3v) is 4.36. The molecule has 0 aromatic heterocycles. The van der Waals surface area contributed by atoms with Crippen molar-refractivity contribution in [2.75, 3.05) is 13.2 Å². The molecule has 1 aliphatic carbocycles. The number of ether oxygens (including phenoxy) is 2. The summed E-state index contributed by atoms with van der Waals surface area (Å²) in [6.45, 7) is 14.5. The molecule has 1 saturated carbocycles. The first-order valence-electron chi connectivity index (χ1n) is 9.67. The van der Waals surface area contributed by atoms with E-state index in [-0.39, 0.29) is 24.4 Å². The van der Waals surface area contributed by atoms with Crippen LogP contribution in [0, 0.1) is 0 Å². The van der Waals surface area contributed by atoms with Crippen molar-refractivity contribution >= 4 is 11.9 Å². The van der Waals surface area contributed by atoms with Crippen LogP contribution in [-0.4, -0.2) is 43.1 Å². The van der Waals surface area contributed by atoms with Crippen LogP contribution in [0.4, 0.5) is 0 Å². The van der Waals surface area contributed by atoms with E-state index in [2.05, 4.69) is 13.2 Å². The molecule has 8 heteroatoms. The van der Waals surface area contributed by atoms with Crippen molar-refractivity contribution in [1.29, 1.82) is 0 Å². The van der Waals surface area contributed by atoms with E-state index in [0.717, 1.165) is 19.3 Å². The minimum Gasteiger partial charge on any atom is -0.463 e. The van der Waals surface area contributed by atoms with Crippen LogP contribution in [0.3, 0.4) is 0 Å². The largest absolute Gasteiger partial charge is 0.463 e. The van der Waals surface area contributed by atoms with Gasteiger partial charge in [0.25, 0.3) is 0 Å². The Hall–Kier alpha value is -1.74. The highest BCUT2D eigenvalue weighted by Gasteiger charge is 2.39. The molecule has 0 bridgehead atoms. The SMILES string of the molecule is C=C(C(=O)OCC)C(C)OOC1(OOC(C)C(=C)C(=O)OCC)CCCCC1. The highest BCUT2D eigenvalue weighted by molar-refractivity contribution is 5.89. The van der Waals surface area contributed by atoms with Crippen molar-refractivity contribution in [2.24, 2.45) is 0 Å². The Kier molecular flexibility index (Phi) is 10.4. The Morgan fingerprint density at radius 3 is 1.57 bits per heavy atom. The molecule has 1 fully saturated rings. The van der Waals surface area contributed by atoms with Crippen LogP contribution in [0.25, 0.3) is 0 Å². The Morgan fingerprint density at radius 1 is 0.821 bits per heavy atom. The van der Waals surface area contributed by atoms with Crippen molar-refractivity contribution in [3.63, 3.8) is 0 Å². The van der Waals surface area contributed by atoms with Gasteiger partial charge in [0.1, 0.15) is 12.2 Å². The Morgan fingerprint density at radius 2 is 1.21 bits per heavy atom. The van der Waals surface area contributed by atoms with Crippen molar-refractivity contribution in [2.45, 2.75) is 77.8 Å². The van der Waals surface area contributed by atoms with E-state index < -0.39 is 29.9 Å². The van der Waals surface area contributed by atoms with E-state index in [4.69, 9.17) is 29.0 Å². The summed E-state index contributed by atoms with van der Waals surface area (Å²) in [7, 11) is 0. The van der Waals surface area contributed by atoms with Crippen molar-refractivity contribution < 1.29 is 38.6 Å². The van der Waals surface area contributed by atoms with Crippen LogP contribution in [0.1, 0.15) is 59.8 Å². The van der Waals surface area contributed by atoms with Crippen LogP contribution >= 0.6 is 0 Å². The summed E-state index contributed by atoms with van der Waals surface area (Å²) in [6.07, 6.45) is 2.35. The van der Waals surface area contributed by atoms with Crippen molar-refractivity contribution in [3.8, 4) is 0 Å². The van der Waals surface area contributed by atoms with Gasteiger partial charge in [-0.1, -0.05) is 19.6 Å². The molecule has 0 heterocycles. The molecule has 0 N–H and O–H groups in total. The second-order valence-electron chi connectivity index (χ2n) is 6.61. The molecule has 8 nitrogen and oxygen atoms in total. The predicted octanol–water partition coefficient (Wildman–Crippen LogP) is 3.56. The molecule has 0 amide bonds. The van der Waals surface area contributed by atoms with E-state index in [0.29, 0.717) is 12.8 Å². The smallest absolute Gasteiger partial charge is 0.336 e. The van der Waals surface area contributed by atoms with Gasteiger partial charge in [0.2, 0.25) is 5.79 Å². The zero-order valence-corrected chi connectivity index (χ0v) is 17.3. The number of hydrogen-bond donors (Lipinski definition) is 0. The van der Waals surface area contributed by atoms with E-state index in [1.165, 1.54) is 0 Å². The highest BCUT2D eigenvalue weighted by Crippen LogP contribution is 2.34. The van der Waals surface area contributed by atoms with Gasteiger partial charge in [-0.15, -0.1) is 0 Å². The summed E-state index contributed by atoms with van der Waals surface area (Å²) in [5, 5.41) is 0. The summed E-state index contributed by atoms with van der Waals surface area (Å²) in [6, 6.07) is 0. The summed E-state index contributed by atoms with van der Waals surface area (Å²) < 4.78 is 9.81. The highest BCUT2D eigenvalue weighted by atomic mass is 17.3. The third kappa shape index (κ3) is 7.35. The zero-order valence-electron chi connectivity index (χ0n) is 17.3. The molecule has 2 atom stereocenters. The average Bonchev–Trinajstić information content (AvgIpc) is 2.70. The number of carbonyl (C=O) groups is 2. The van der Waals surface area contributed by atoms with Crippen molar-refractivity contribution in [1.82, 2.24) is 0 Å². The monoisotopic (exact) mass is 400 g/mol. The first-order valence-corrected chi connectivity index (χ1v) is 9.67. The van der Waals surface area contributed by atoms with Crippen LogP contribution < -0.4 is 0 Å². The van der Waals surface area contributed by atoms with Gasteiger partial charge in [0.15, 0.2) is 0 Å². The maximum Gasteiger partial charge on any atom is 0.336 e. The predicted molar refractivity (Wildman–Crippen MR) is 101 cm³/mol. The summed E-state index contributed by atoms with van der Waals surface area (Å²) in [5.74, 6) is -2.24. The minimum atomic E-state index is -1.15. The fourth-order valence-corrected chi connectivity index (χ4v) is 2.49. The lowest BCUT2D eigenvalue weighted by atomic mass is 9.94. The zero-order chi connectivity index (χ0) is 21.2. The molecule has 160 valence electrons. The Bertz CT molecular complexity index is 508. The molecule has 0 aromatic carbocycles. The van der Waals surface area contributed by atoms with Crippen LogP contribution in [0.5, 0.6) is 0 Å². The van der Waals surface area contributed by atoms with E-state index >= 15 is 0 Å². The number of rotatable bonds is 12. The second kappa shape index (κ2) is 12.0. The lowest BCUT2D eigenvalue weighted by Gasteiger charge is -2.35. The van der Waals surface area contributed by atoms with E-state index in [1.807, 2.05) is 0 Å². The lowest BCUT2D eigenvalue weighted by molar-refractivity contribution is -0.526. The number of hydrogen-bond acceptors (Lipinski definition) is 8. The molecule has 28 heavy (non-hydrogen) atoms. The van der Waals surface area contributed by atoms with Gasteiger partial charge in [-0.25, -0.2) is 19.4 Å². The standard InChI is InChI=1S/C20H32O8/c1-7-23-18(21)14(3)16(5)25-27-20(12-10-9-11-13-20)28-26-17(6)15(4)19(22)24-8-2/h16-17H,3-4,7-13H2,1-2,5-6H3. The van der Waals surface area contributed by atoms with Gasteiger partial charge < -0.3 is 9.47 Å². The summed E-state index contributed by atoms with van der Waals surface area (Å²) in [5.41, 5.74) is 0.274. The Labute approximate surface area is 166 Å². The third-order valence-electron chi connectivity index (χ3n) is 4.36. The first kappa shape index (κ1) is 24.3. The van der Waals surface area contributed by atoms with E-state index in [9.17, 15) is 9.59 Å². The van der Waals surface area contributed by atoms with Crippen LogP contribution in [0.2, 0.25) is 0 Å². The fraction of sp³-hybridized carbons (Fsp3) is 0.700. The average molecular weight is 400 g/mol. The van der Waals surface area contributed by atoms with Gasteiger partial charge in [-0.3, -0.25) is 0 Å². The molecule has 0 aliphatic heterocycles. The molecule has 0 saturated heterocycles. The maximum atomic E-state index is 11.8. The molecule has 1 aliphatic rings. The topological polar surface area (TPSA) is 89.5 Å². The van der Waals surface area contributed by atoms with Crippen molar-refractivity contribution in [3.05, 3.63) is 24.3 Å². The molecular weight excluding hydrogens is 368 g/mol. The fourth-order valence-electron chi connectivity index (χ4n) is 2.49. The van der Waals surface area contributed by atoms with Gasteiger partial charge in [0.05, 0.1) is 24.4 Å². The normalized spacial score (nSPS) is 18.0. The minimum absolute atomic E-state index is 0.137. The first-order chi connectivity index (χ1) is 13.3. The van der Waals surface area contributed by atoms with Crippen LogP contribution in [-0.2, 0) is 38.6 Å². The lowest BCUT2D eigenvalue weighted by Crippen LogP contribution is -2.41. The van der Waals surface area contributed by atoms with Gasteiger partial charge in [-0.05, 0) is 40.5 Å². The molecular formula is C20H32O8.